The van der Waals surface area contributed by atoms with Crippen LogP contribution in [0.2, 0.25) is 0 Å². The van der Waals surface area contributed by atoms with Crippen LogP contribution in [0.1, 0.15) is 18.4 Å². The molecule has 2 aromatic rings. The molecule has 2 aliphatic rings. The van der Waals surface area contributed by atoms with Gasteiger partial charge in [0.15, 0.2) is 0 Å². The van der Waals surface area contributed by atoms with Gasteiger partial charge in [0.25, 0.3) is 0 Å². The number of benzene rings is 2. The van der Waals surface area contributed by atoms with E-state index in [-0.39, 0.29) is 5.91 Å². The Kier molecular flexibility index (Phi) is 3.36. The van der Waals surface area contributed by atoms with Crippen molar-refractivity contribution in [2.45, 2.75) is 18.3 Å². The molecule has 2 heterocycles. The van der Waals surface area contributed by atoms with Gasteiger partial charge in [0.05, 0.1) is 5.41 Å². The maximum absolute atomic E-state index is 12.7. The number of halogens is 1. The van der Waals surface area contributed by atoms with Crippen LogP contribution < -0.4 is 10.2 Å². The lowest BCUT2D eigenvalue weighted by Gasteiger charge is -2.40. The van der Waals surface area contributed by atoms with Crippen molar-refractivity contribution < 1.29 is 4.79 Å². The largest absolute Gasteiger partial charge is 0.370 e. The molecule has 1 saturated heterocycles. The highest BCUT2D eigenvalue weighted by atomic mass is 127. The molecule has 4 heteroatoms. The molecule has 2 aromatic carbocycles. The van der Waals surface area contributed by atoms with Crippen LogP contribution in [0, 0.1) is 3.57 Å². The first-order valence-corrected chi connectivity index (χ1v) is 8.68. The van der Waals surface area contributed by atoms with Gasteiger partial charge in [-0.1, -0.05) is 18.2 Å². The third-order valence-electron chi connectivity index (χ3n) is 4.81. The lowest BCUT2D eigenvalue weighted by molar-refractivity contribution is -0.121. The van der Waals surface area contributed by atoms with Crippen molar-refractivity contribution in [3.05, 3.63) is 57.7 Å². The summed E-state index contributed by atoms with van der Waals surface area (Å²) in [6.45, 7) is 1.77. The number of hydrogen-bond acceptors (Lipinski definition) is 2. The van der Waals surface area contributed by atoms with Gasteiger partial charge in [-0.2, -0.15) is 0 Å². The number of fused-ring (bicyclic) bond motifs is 2. The van der Waals surface area contributed by atoms with Gasteiger partial charge >= 0.3 is 0 Å². The second kappa shape index (κ2) is 5.26. The Morgan fingerprint density at radius 1 is 1.09 bits per heavy atom. The molecule has 22 heavy (non-hydrogen) atoms. The third kappa shape index (κ3) is 2.12. The molecule has 1 fully saturated rings. The van der Waals surface area contributed by atoms with Gasteiger partial charge in [0, 0.05) is 28.0 Å². The van der Waals surface area contributed by atoms with Crippen LogP contribution in [-0.4, -0.2) is 19.0 Å². The van der Waals surface area contributed by atoms with Crippen LogP contribution in [-0.2, 0) is 10.2 Å². The number of carbonyl (C=O) groups excluding carboxylic acids is 1. The molecular weight excluding hydrogens is 387 g/mol. The van der Waals surface area contributed by atoms with Gasteiger partial charge in [-0.05, 0) is 71.3 Å². The van der Waals surface area contributed by atoms with Crippen molar-refractivity contribution in [2.24, 2.45) is 0 Å². The van der Waals surface area contributed by atoms with E-state index in [1.807, 2.05) is 18.2 Å². The van der Waals surface area contributed by atoms with Gasteiger partial charge in [-0.25, -0.2) is 0 Å². The van der Waals surface area contributed by atoms with Crippen LogP contribution in [0.5, 0.6) is 0 Å². The van der Waals surface area contributed by atoms with Crippen molar-refractivity contribution in [1.82, 2.24) is 0 Å². The molecule has 0 saturated carbocycles. The number of piperidine rings is 1. The molecule has 1 spiro atoms. The topological polar surface area (TPSA) is 32.3 Å². The predicted molar refractivity (Wildman–Crippen MR) is 97.4 cm³/mol. The van der Waals surface area contributed by atoms with Crippen molar-refractivity contribution in [1.29, 1.82) is 0 Å². The number of para-hydroxylation sites is 1. The Labute approximate surface area is 143 Å². The zero-order chi connectivity index (χ0) is 15.2. The first kappa shape index (κ1) is 14.1. The summed E-state index contributed by atoms with van der Waals surface area (Å²) in [5.41, 5.74) is 2.96. The highest BCUT2D eigenvalue weighted by Crippen LogP contribution is 2.44. The maximum atomic E-state index is 12.7. The monoisotopic (exact) mass is 404 g/mol. The summed E-state index contributed by atoms with van der Waals surface area (Å²) in [4.78, 5) is 15.0. The Bertz CT molecular complexity index is 728. The number of amides is 1. The lowest BCUT2D eigenvalue weighted by atomic mass is 9.75. The summed E-state index contributed by atoms with van der Waals surface area (Å²) in [5.74, 6) is 0.156. The number of hydrogen-bond donors (Lipinski definition) is 1. The molecule has 4 rings (SSSR count). The molecule has 112 valence electrons. The van der Waals surface area contributed by atoms with Crippen LogP contribution in [0.15, 0.2) is 48.5 Å². The molecule has 1 N–H and O–H groups in total. The highest BCUT2D eigenvalue weighted by molar-refractivity contribution is 14.1. The van der Waals surface area contributed by atoms with Gasteiger partial charge in [-0.3, -0.25) is 4.79 Å². The van der Waals surface area contributed by atoms with E-state index in [0.29, 0.717) is 0 Å². The minimum atomic E-state index is -0.391. The summed E-state index contributed by atoms with van der Waals surface area (Å²) >= 11 is 2.32. The Hall–Kier alpha value is -1.56. The molecule has 0 aromatic heterocycles. The standard InChI is InChI=1S/C18H17IN2O/c19-13-6-8-14(9-7-13)21-11-3-10-18(12-21)15-4-1-2-5-16(15)20-17(18)22/h1-2,4-9H,3,10-12H2,(H,20,22). The molecule has 1 unspecified atom stereocenters. The molecule has 3 nitrogen and oxygen atoms in total. The van der Waals surface area contributed by atoms with E-state index in [9.17, 15) is 4.79 Å². The Morgan fingerprint density at radius 3 is 2.68 bits per heavy atom. The van der Waals surface area contributed by atoms with E-state index in [2.05, 4.69) is 63.1 Å². The normalized spacial score (nSPS) is 23.5. The van der Waals surface area contributed by atoms with Gasteiger partial charge in [0.2, 0.25) is 5.91 Å². The molecule has 0 aliphatic carbocycles. The van der Waals surface area contributed by atoms with Crippen molar-refractivity contribution >= 4 is 39.9 Å². The minimum Gasteiger partial charge on any atom is -0.370 e. The average Bonchev–Trinajstić information content (AvgIpc) is 2.81. The van der Waals surface area contributed by atoms with Gasteiger partial charge < -0.3 is 10.2 Å². The number of rotatable bonds is 1. The summed E-state index contributed by atoms with van der Waals surface area (Å²) in [7, 11) is 0. The molecule has 2 aliphatic heterocycles. The molecule has 1 amide bonds. The lowest BCUT2D eigenvalue weighted by Crippen LogP contribution is -2.50. The minimum absolute atomic E-state index is 0.156. The summed E-state index contributed by atoms with van der Waals surface area (Å²) in [5, 5.41) is 3.07. The SMILES string of the molecule is O=C1Nc2ccccc2C12CCCN(c1ccc(I)cc1)C2. The van der Waals surface area contributed by atoms with Crippen molar-refractivity contribution in [3.63, 3.8) is 0 Å². The molecular formula is C18H17IN2O. The van der Waals surface area contributed by atoms with E-state index >= 15 is 0 Å². The third-order valence-corrected chi connectivity index (χ3v) is 5.53. The predicted octanol–water partition coefficient (Wildman–Crippen LogP) is 3.78. The Morgan fingerprint density at radius 2 is 1.86 bits per heavy atom. The van der Waals surface area contributed by atoms with Crippen LogP contribution in [0.4, 0.5) is 11.4 Å². The van der Waals surface area contributed by atoms with E-state index in [0.717, 1.165) is 37.2 Å². The number of anilines is 2. The highest BCUT2D eigenvalue weighted by Gasteiger charge is 2.49. The summed E-state index contributed by atoms with van der Waals surface area (Å²) in [6, 6.07) is 16.7. The fourth-order valence-electron chi connectivity index (χ4n) is 3.71. The van der Waals surface area contributed by atoms with Gasteiger partial charge in [-0.15, -0.1) is 0 Å². The number of carbonyl (C=O) groups is 1. The maximum Gasteiger partial charge on any atom is 0.236 e. The molecule has 0 bridgehead atoms. The van der Waals surface area contributed by atoms with E-state index in [1.54, 1.807) is 0 Å². The van der Waals surface area contributed by atoms with E-state index < -0.39 is 5.41 Å². The summed E-state index contributed by atoms with van der Waals surface area (Å²) in [6.07, 6.45) is 1.96. The van der Waals surface area contributed by atoms with Gasteiger partial charge in [0.1, 0.15) is 0 Å². The van der Waals surface area contributed by atoms with Crippen molar-refractivity contribution in [2.75, 3.05) is 23.3 Å². The first-order chi connectivity index (χ1) is 10.7. The van der Waals surface area contributed by atoms with Crippen LogP contribution in [0.25, 0.3) is 0 Å². The number of nitrogens with zero attached hydrogens (tertiary/aromatic N) is 1. The Balaban J connectivity index is 1.71. The van der Waals surface area contributed by atoms with Crippen LogP contribution >= 0.6 is 22.6 Å². The first-order valence-electron chi connectivity index (χ1n) is 7.60. The quantitative estimate of drug-likeness (QED) is 0.734. The van der Waals surface area contributed by atoms with E-state index in [1.165, 1.54) is 9.26 Å². The molecule has 0 radical (unpaired) electrons. The zero-order valence-electron chi connectivity index (χ0n) is 12.2. The second-order valence-electron chi connectivity index (χ2n) is 6.08. The fourth-order valence-corrected chi connectivity index (χ4v) is 4.07. The number of nitrogens with one attached hydrogen (secondary N) is 1. The average molecular weight is 404 g/mol. The smallest absolute Gasteiger partial charge is 0.236 e. The van der Waals surface area contributed by atoms with E-state index in [4.69, 9.17) is 0 Å². The van der Waals surface area contributed by atoms with Crippen LogP contribution in [0.3, 0.4) is 0 Å². The van der Waals surface area contributed by atoms with Crippen molar-refractivity contribution in [3.8, 4) is 0 Å². The second-order valence-corrected chi connectivity index (χ2v) is 7.33. The fraction of sp³-hybridized carbons (Fsp3) is 0.278. The molecule has 1 atom stereocenters. The summed E-state index contributed by atoms with van der Waals surface area (Å²) < 4.78 is 1.23. The zero-order valence-corrected chi connectivity index (χ0v) is 14.3.